The van der Waals surface area contributed by atoms with E-state index in [9.17, 15) is 22.8 Å². The standard InChI is InChI=1S/C23H21F3O7/c1-13(2)11-31-19(27)12-30-16-8-9-17-18(10-16)33-22(23(24,25)26)21(20(17)28)32-15-6-4-14(29-3)5-7-15/h4-10,13H,11-12H2,1-3H3. The van der Waals surface area contributed by atoms with Crippen molar-refractivity contribution in [2.24, 2.45) is 5.92 Å². The van der Waals surface area contributed by atoms with E-state index in [1.165, 1.54) is 43.5 Å². The van der Waals surface area contributed by atoms with Crippen molar-refractivity contribution < 1.29 is 41.3 Å². The van der Waals surface area contributed by atoms with Crippen LogP contribution >= 0.6 is 0 Å². The van der Waals surface area contributed by atoms with Crippen LogP contribution < -0.4 is 19.6 Å². The van der Waals surface area contributed by atoms with Crippen molar-refractivity contribution in [3.8, 4) is 23.0 Å². The van der Waals surface area contributed by atoms with Crippen molar-refractivity contribution in [2.75, 3.05) is 20.3 Å². The highest BCUT2D eigenvalue weighted by Crippen LogP contribution is 2.38. The Morgan fingerprint density at radius 3 is 2.27 bits per heavy atom. The van der Waals surface area contributed by atoms with Crippen molar-refractivity contribution in [1.29, 1.82) is 0 Å². The number of benzene rings is 2. The highest BCUT2D eigenvalue weighted by atomic mass is 19.4. The number of esters is 1. The van der Waals surface area contributed by atoms with Gasteiger partial charge in [-0.2, -0.15) is 13.2 Å². The molecule has 1 aromatic heterocycles. The summed E-state index contributed by atoms with van der Waals surface area (Å²) < 4.78 is 66.5. The van der Waals surface area contributed by atoms with E-state index in [2.05, 4.69) is 0 Å². The summed E-state index contributed by atoms with van der Waals surface area (Å²) in [6.45, 7) is 3.49. The number of hydrogen-bond donors (Lipinski definition) is 0. The molecule has 2 aromatic carbocycles. The fourth-order valence-electron chi connectivity index (χ4n) is 2.73. The summed E-state index contributed by atoms with van der Waals surface area (Å²) >= 11 is 0. The van der Waals surface area contributed by atoms with Crippen LogP contribution in [-0.2, 0) is 15.7 Å². The number of hydrogen-bond acceptors (Lipinski definition) is 7. The molecule has 33 heavy (non-hydrogen) atoms. The molecule has 0 aliphatic heterocycles. The third-order valence-electron chi connectivity index (χ3n) is 4.29. The van der Waals surface area contributed by atoms with Gasteiger partial charge in [0, 0.05) is 6.07 Å². The van der Waals surface area contributed by atoms with Crippen LogP contribution in [0.1, 0.15) is 19.6 Å². The van der Waals surface area contributed by atoms with Gasteiger partial charge in [0.15, 0.2) is 6.61 Å². The fourth-order valence-corrected chi connectivity index (χ4v) is 2.73. The lowest BCUT2D eigenvalue weighted by Crippen LogP contribution is -2.17. The van der Waals surface area contributed by atoms with Gasteiger partial charge in [0.05, 0.1) is 19.1 Å². The average molecular weight is 466 g/mol. The monoisotopic (exact) mass is 466 g/mol. The van der Waals surface area contributed by atoms with Gasteiger partial charge in [0.2, 0.25) is 11.2 Å². The molecule has 0 saturated heterocycles. The molecule has 1 heterocycles. The molecular formula is C23H21F3O7. The molecular weight excluding hydrogens is 445 g/mol. The Hall–Kier alpha value is -3.69. The number of alkyl halides is 3. The van der Waals surface area contributed by atoms with Gasteiger partial charge < -0.3 is 23.4 Å². The molecule has 3 rings (SSSR count). The van der Waals surface area contributed by atoms with E-state index in [0.717, 1.165) is 6.07 Å². The summed E-state index contributed by atoms with van der Waals surface area (Å²) in [7, 11) is 1.43. The predicted molar refractivity (Wildman–Crippen MR) is 112 cm³/mol. The zero-order valence-corrected chi connectivity index (χ0v) is 18.0. The number of methoxy groups -OCH3 is 1. The average Bonchev–Trinajstić information content (AvgIpc) is 2.77. The first-order chi connectivity index (χ1) is 15.6. The predicted octanol–water partition coefficient (Wildman–Crippen LogP) is 5.19. The van der Waals surface area contributed by atoms with Gasteiger partial charge in [-0.3, -0.25) is 4.79 Å². The first-order valence-electron chi connectivity index (χ1n) is 9.87. The van der Waals surface area contributed by atoms with E-state index in [-0.39, 0.29) is 35.0 Å². The molecule has 0 spiro atoms. The van der Waals surface area contributed by atoms with Gasteiger partial charge in [0.1, 0.15) is 22.8 Å². The summed E-state index contributed by atoms with van der Waals surface area (Å²) in [6.07, 6.45) is -5.01. The minimum Gasteiger partial charge on any atom is -0.497 e. The molecule has 0 fully saturated rings. The van der Waals surface area contributed by atoms with Gasteiger partial charge >= 0.3 is 12.1 Å². The minimum atomic E-state index is -5.01. The largest absolute Gasteiger partial charge is 0.497 e. The number of rotatable bonds is 8. The van der Waals surface area contributed by atoms with E-state index < -0.39 is 35.7 Å². The van der Waals surface area contributed by atoms with E-state index in [0.29, 0.717) is 5.75 Å². The van der Waals surface area contributed by atoms with Gasteiger partial charge in [-0.15, -0.1) is 0 Å². The number of carbonyl (C=O) groups is 1. The van der Waals surface area contributed by atoms with E-state index in [1.807, 2.05) is 13.8 Å². The number of fused-ring (bicyclic) bond motifs is 1. The van der Waals surface area contributed by atoms with Crippen LogP contribution in [0.3, 0.4) is 0 Å². The van der Waals surface area contributed by atoms with Crippen LogP contribution in [0.25, 0.3) is 11.0 Å². The van der Waals surface area contributed by atoms with Gasteiger partial charge in [-0.1, -0.05) is 13.8 Å². The highest BCUT2D eigenvalue weighted by Gasteiger charge is 2.40. The third-order valence-corrected chi connectivity index (χ3v) is 4.29. The normalized spacial score (nSPS) is 11.5. The van der Waals surface area contributed by atoms with Gasteiger partial charge in [0.25, 0.3) is 5.76 Å². The molecule has 0 radical (unpaired) electrons. The molecule has 0 atom stereocenters. The molecule has 0 saturated carbocycles. The Bertz CT molecular complexity index is 1180. The Morgan fingerprint density at radius 2 is 1.67 bits per heavy atom. The summed E-state index contributed by atoms with van der Waals surface area (Å²) in [5.41, 5.74) is -1.38. The second kappa shape index (κ2) is 9.85. The molecule has 176 valence electrons. The Kier molecular flexibility index (Phi) is 7.15. The van der Waals surface area contributed by atoms with E-state index in [4.69, 9.17) is 23.4 Å². The summed E-state index contributed by atoms with van der Waals surface area (Å²) in [5.74, 6) is -2.60. The van der Waals surface area contributed by atoms with Crippen LogP contribution in [0.4, 0.5) is 13.2 Å². The topological polar surface area (TPSA) is 84.2 Å². The molecule has 0 bridgehead atoms. The van der Waals surface area contributed by atoms with E-state index in [1.54, 1.807) is 0 Å². The SMILES string of the molecule is COc1ccc(Oc2c(C(F)(F)F)oc3cc(OCC(=O)OCC(C)C)ccc3c2=O)cc1. The number of ether oxygens (including phenoxy) is 4. The molecule has 0 amide bonds. The second-order valence-corrected chi connectivity index (χ2v) is 7.39. The molecule has 7 nitrogen and oxygen atoms in total. The molecule has 10 heteroatoms. The van der Waals surface area contributed by atoms with Crippen LogP contribution in [-0.4, -0.2) is 26.3 Å². The van der Waals surface area contributed by atoms with E-state index >= 15 is 0 Å². The second-order valence-electron chi connectivity index (χ2n) is 7.39. The maximum Gasteiger partial charge on any atom is 0.453 e. The Labute approximate surface area is 186 Å². The molecule has 0 aliphatic rings. The number of halogens is 3. The quantitative estimate of drug-likeness (QED) is 0.423. The van der Waals surface area contributed by atoms with Crippen molar-refractivity contribution in [3.63, 3.8) is 0 Å². The first kappa shape index (κ1) is 24.0. The van der Waals surface area contributed by atoms with Crippen LogP contribution in [0.2, 0.25) is 0 Å². The van der Waals surface area contributed by atoms with Crippen LogP contribution in [0.15, 0.2) is 51.7 Å². The minimum absolute atomic E-state index is 0.00665. The Balaban J connectivity index is 1.93. The maximum atomic E-state index is 13.7. The lowest BCUT2D eigenvalue weighted by Gasteiger charge is -2.14. The maximum absolute atomic E-state index is 13.7. The third kappa shape index (κ3) is 5.97. The first-order valence-corrected chi connectivity index (χ1v) is 9.87. The van der Waals surface area contributed by atoms with Crippen molar-refractivity contribution in [1.82, 2.24) is 0 Å². The summed E-state index contributed by atoms with van der Waals surface area (Å²) in [5, 5.41) is -0.152. The smallest absolute Gasteiger partial charge is 0.453 e. The molecule has 0 N–H and O–H groups in total. The van der Waals surface area contributed by atoms with Gasteiger partial charge in [-0.05, 0) is 42.3 Å². The van der Waals surface area contributed by atoms with Crippen LogP contribution in [0.5, 0.6) is 23.0 Å². The Morgan fingerprint density at radius 1 is 1.03 bits per heavy atom. The highest BCUT2D eigenvalue weighted by molar-refractivity contribution is 5.80. The lowest BCUT2D eigenvalue weighted by atomic mass is 10.2. The number of carbonyl (C=O) groups excluding carboxylic acids is 1. The zero-order chi connectivity index (χ0) is 24.2. The lowest BCUT2D eigenvalue weighted by molar-refractivity contribution is -0.154. The fraction of sp³-hybridized carbons (Fsp3) is 0.304. The van der Waals surface area contributed by atoms with Crippen LogP contribution in [0, 0.1) is 5.92 Å². The summed E-state index contributed by atoms with van der Waals surface area (Å²) in [6, 6.07) is 9.33. The summed E-state index contributed by atoms with van der Waals surface area (Å²) in [4.78, 5) is 24.5. The molecule has 0 aliphatic carbocycles. The van der Waals surface area contributed by atoms with Crippen molar-refractivity contribution in [3.05, 3.63) is 58.4 Å². The van der Waals surface area contributed by atoms with Crippen molar-refractivity contribution >= 4 is 16.9 Å². The van der Waals surface area contributed by atoms with Crippen molar-refractivity contribution in [2.45, 2.75) is 20.0 Å². The zero-order valence-electron chi connectivity index (χ0n) is 18.0. The molecule has 0 unspecified atom stereocenters. The molecule has 3 aromatic rings. The van der Waals surface area contributed by atoms with Gasteiger partial charge in [-0.25, -0.2) is 4.79 Å².